The first-order chi connectivity index (χ1) is 7.61. The van der Waals surface area contributed by atoms with Gasteiger partial charge in [-0.2, -0.15) is 0 Å². The fraction of sp³-hybridized carbons (Fsp3) is 0.538. The molecule has 88 valence electrons. The molecular formula is C13H18BrNS. The van der Waals surface area contributed by atoms with Gasteiger partial charge in [0, 0.05) is 22.9 Å². The topological polar surface area (TPSA) is 12.0 Å². The van der Waals surface area contributed by atoms with Crippen LogP contribution in [0.15, 0.2) is 28.6 Å². The van der Waals surface area contributed by atoms with Gasteiger partial charge in [0.25, 0.3) is 0 Å². The lowest BCUT2D eigenvalue weighted by Gasteiger charge is -2.25. The van der Waals surface area contributed by atoms with E-state index in [1.54, 1.807) is 0 Å². The molecule has 2 rings (SSSR count). The highest BCUT2D eigenvalue weighted by atomic mass is 79.9. The molecule has 1 aliphatic carbocycles. The van der Waals surface area contributed by atoms with Gasteiger partial charge in [-0.3, -0.25) is 0 Å². The van der Waals surface area contributed by atoms with Gasteiger partial charge in [-0.15, -0.1) is 17.9 Å². The predicted octanol–water partition coefficient (Wildman–Crippen LogP) is 4.00. The van der Waals surface area contributed by atoms with Gasteiger partial charge in [0.05, 0.1) is 3.79 Å². The summed E-state index contributed by atoms with van der Waals surface area (Å²) in [6, 6.07) is 5.10. The highest BCUT2D eigenvalue weighted by Crippen LogP contribution is 2.30. The average molecular weight is 300 g/mol. The Kier molecular flexibility index (Phi) is 3.88. The SMILES string of the molecule is C=CC(C)(CNC1CC1)Cc1ccc(Br)s1. The quantitative estimate of drug-likeness (QED) is 0.783. The van der Waals surface area contributed by atoms with Crippen molar-refractivity contribution in [3.05, 3.63) is 33.5 Å². The second-order valence-corrected chi connectivity index (χ2v) is 7.44. The largest absolute Gasteiger partial charge is 0.313 e. The summed E-state index contributed by atoms with van der Waals surface area (Å²) in [5, 5.41) is 3.60. The summed E-state index contributed by atoms with van der Waals surface area (Å²) in [5.41, 5.74) is 0.173. The van der Waals surface area contributed by atoms with Crippen LogP contribution in [0.5, 0.6) is 0 Å². The summed E-state index contributed by atoms with van der Waals surface area (Å²) in [4.78, 5) is 1.42. The van der Waals surface area contributed by atoms with E-state index in [2.05, 4.69) is 53.0 Å². The van der Waals surface area contributed by atoms with Crippen molar-refractivity contribution in [1.82, 2.24) is 5.32 Å². The zero-order valence-corrected chi connectivity index (χ0v) is 12.0. The molecule has 1 N–H and O–H groups in total. The molecule has 0 bridgehead atoms. The number of thiophene rings is 1. The number of rotatable bonds is 6. The van der Waals surface area contributed by atoms with E-state index in [9.17, 15) is 0 Å². The van der Waals surface area contributed by atoms with Gasteiger partial charge in [-0.25, -0.2) is 0 Å². The first-order valence-electron chi connectivity index (χ1n) is 5.72. The number of hydrogen-bond donors (Lipinski definition) is 1. The summed E-state index contributed by atoms with van der Waals surface area (Å²) in [6.07, 6.45) is 5.86. The molecule has 1 heterocycles. The average Bonchev–Trinajstić information content (AvgIpc) is 3.01. The normalized spacial score (nSPS) is 19.4. The maximum atomic E-state index is 3.99. The fourth-order valence-corrected chi connectivity index (χ4v) is 3.40. The zero-order chi connectivity index (χ0) is 11.6. The van der Waals surface area contributed by atoms with Crippen LogP contribution in [0.4, 0.5) is 0 Å². The van der Waals surface area contributed by atoms with Crippen molar-refractivity contribution < 1.29 is 0 Å². The molecular weight excluding hydrogens is 282 g/mol. The van der Waals surface area contributed by atoms with Gasteiger partial charge in [0.15, 0.2) is 0 Å². The Bertz CT molecular complexity index is 370. The third-order valence-corrected chi connectivity index (χ3v) is 4.70. The smallest absolute Gasteiger partial charge is 0.0701 e. The molecule has 0 aromatic carbocycles. The lowest BCUT2D eigenvalue weighted by Crippen LogP contribution is -2.33. The van der Waals surface area contributed by atoms with Gasteiger partial charge in [0.1, 0.15) is 0 Å². The summed E-state index contributed by atoms with van der Waals surface area (Å²) < 4.78 is 1.21. The lowest BCUT2D eigenvalue weighted by atomic mass is 9.86. The van der Waals surface area contributed by atoms with Gasteiger partial charge < -0.3 is 5.32 Å². The Balaban J connectivity index is 1.93. The zero-order valence-electron chi connectivity index (χ0n) is 9.63. The number of hydrogen-bond acceptors (Lipinski definition) is 2. The van der Waals surface area contributed by atoms with Crippen LogP contribution in [0.25, 0.3) is 0 Å². The Morgan fingerprint density at radius 3 is 2.88 bits per heavy atom. The van der Waals surface area contributed by atoms with E-state index in [1.165, 1.54) is 21.5 Å². The molecule has 0 saturated heterocycles. The van der Waals surface area contributed by atoms with Crippen LogP contribution in [0, 0.1) is 5.41 Å². The second-order valence-electron chi connectivity index (χ2n) is 4.90. The molecule has 1 aliphatic rings. The molecule has 0 radical (unpaired) electrons. The minimum atomic E-state index is 0.173. The minimum Gasteiger partial charge on any atom is -0.313 e. The number of halogens is 1. The standard InChI is InChI=1S/C13H18BrNS/c1-3-13(2,9-15-10-4-5-10)8-11-6-7-12(14)16-11/h3,6-7,10,15H,1,4-5,8-9H2,2H3. The predicted molar refractivity (Wildman–Crippen MR) is 75.1 cm³/mol. The van der Waals surface area contributed by atoms with Crippen molar-refractivity contribution in [1.29, 1.82) is 0 Å². The molecule has 1 saturated carbocycles. The molecule has 1 atom stereocenters. The molecule has 1 fully saturated rings. The van der Waals surface area contributed by atoms with Crippen LogP contribution in [-0.4, -0.2) is 12.6 Å². The van der Waals surface area contributed by atoms with Gasteiger partial charge in [0.2, 0.25) is 0 Å². The van der Waals surface area contributed by atoms with E-state index in [1.807, 2.05) is 11.3 Å². The number of nitrogens with one attached hydrogen (secondary N) is 1. The summed E-state index contributed by atoms with van der Waals surface area (Å²) in [6.45, 7) is 7.31. The summed E-state index contributed by atoms with van der Waals surface area (Å²) >= 11 is 5.33. The van der Waals surface area contributed by atoms with Crippen molar-refractivity contribution in [2.75, 3.05) is 6.54 Å². The Hall–Kier alpha value is -0.120. The van der Waals surface area contributed by atoms with Crippen molar-refractivity contribution in [3.8, 4) is 0 Å². The van der Waals surface area contributed by atoms with Crippen molar-refractivity contribution in [3.63, 3.8) is 0 Å². The molecule has 1 nitrogen and oxygen atoms in total. The summed E-state index contributed by atoms with van der Waals surface area (Å²) in [5.74, 6) is 0. The first kappa shape index (κ1) is 12.3. The molecule has 0 aliphatic heterocycles. The van der Waals surface area contributed by atoms with Gasteiger partial charge >= 0.3 is 0 Å². The van der Waals surface area contributed by atoms with Crippen molar-refractivity contribution in [2.45, 2.75) is 32.2 Å². The highest BCUT2D eigenvalue weighted by Gasteiger charge is 2.26. The Morgan fingerprint density at radius 1 is 1.62 bits per heavy atom. The van der Waals surface area contributed by atoms with E-state index < -0.39 is 0 Å². The van der Waals surface area contributed by atoms with E-state index in [0.717, 1.165) is 19.0 Å². The second kappa shape index (κ2) is 5.03. The minimum absolute atomic E-state index is 0.173. The monoisotopic (exact) mass is 299 g/mol. The maximum absolute atomic E-state index is 3.99. The molecule has 0 amide bonds. The van der Waals surface area contributed by atoms with E-state index in [0.29, 0.717) is 0 Å². The maximum Gasteiger partial charge on any atom is 0.0701 e. The fourth-order valence-electron chi connectivity index (χ4n) is 1.72. The first-order valence-corrected chi connectivity index (χ1v) is 7.33. The van der Waals surface area contributed by atoms with Crippen molar-refractivity contribution >= 4 is 27.3 Å². The summed E-state index contributed by atoms with van der Waals surface area (Å²) in [7, 11) is 0. The lowest BCUT2D eigenvalue weighted by molar-refractivity contribution is 0.392. The third kappa shape index (κ3) is 3.44. The van der Waals surface area contributed by atoms with Crippen LogP contribution in [0.1, 0.15) is 24.6 Å². The van der Waals surface area contributed by atoms with E-state index >= 15 is 0 Å². The molecule has 1 unspecified atom stereocenters. The molecule has 0 spiro atoms. The Morgan fingerprint density at radius 2 is 2.38 bits per heavy atom. The van der Waals surface area contributed by atoms with Crippen LogP contribution < -0.4 is 5.32 Å². The van der Waals surface area contributed by atoms with Crippen LogP contribution in [0.2, 0.25) is 0 Å². The van der Waals surface area contributed by atoms with Crippen molar-refractivity contribution in [2.24, 2.45) is 5.41 Å². The third-order valence-electron chi connectivity index (χ3n) is 3.07. The van der Waals surface area contributed by atoms with Crippen LogP contribution in [0.3, 0.4) is 0 Å². The highest BCUT2D eigenvalue weighted by molar-refractivity contribution is 9.11. The molecule has 1 aromatic heterocycles. The Labute approximate surface area is 110 Å². The molecule has 3 heteroatoms. The molecule has 16 heavy (non-hydrogen) atoms. The van der Waals surface area contributed by atoms with Crippen LogP contribution >= 0.6 is 27.3 Å². The van der Waals surface area contributed by atoms with E-state index in [-0.39, 0.29) is 5.41 Å². The van der Waals surface area contributed by atoms with E-state index in [4.69, 9.17) is 0 Å². The van der Waals surface area contributed by atoms with Crippen LogP contribution in [-0.2, 0) is 6.42 Å². The van der Waals surface area contributed by atoms with Gasteiger partial charge in [-0.1, -0.05) is 13.0 Å². The van der Waals surface area contributed by atoms with Gasteiger partial charge in [-0.05, 0) is 47.3 Å². The molecule has 1 aromatic rings.